The number of fused-ring (bicyclic) bond motifs is 1. The first kappa shape index (κ1) is 21.5. The summed E-state index contributed by atoms with van der Waals surface area (Å²) in [7, 11) is 1.58. The van der Waals surface area contributed by atoms with Crippen LogP contribution in [0.3, 0.4) is 0 Å². The molecule has 4 aromatic rings. The van der Waals surface area contributed by atoms with Crippen LogP contribution in [0, 0.1) is 0 Å². The van der Waals surface area contributed by atoms with Crippen LogP contribution >= 0.6 is 0 Å². The lowest BCUT2D eigenvalue weighted by atomic mass is 10.1. The molecule has 0 N–H and O–H groups in total. The Hall–Kier alpha value is -4.39. The van der Waals surface area contributed by atoms with E-state index in [1.165, 1.54) is 0 Å². The van der Waals surface area contributed by atoms with Crippen molar-refractivity contribution in [1.82, 2.24) is 9.78 Å². The molecule has 3 aromatic carbocycles. The van der Waals surface area contributed by atoms with Gasteiger partial charge in [-0.05, 0) is 42.3 Å². The molecule has 0 unspecified atom stereocenters. The van der Waals surface area contributed by atoms with Crippen LogP contribution in [0.4, 0.5) is 5.69 Å². The minimum atomic E-state index is -0.610. The normalized spacial score (nSPS) is 12.3. The molecule has 0 saturated heterocycles. The number of anilines is 1. The van der Waals surface area contributed by atoms with Crippen LogP contribution in [0.25, 0.3) is 16.9 Å². The van der Waals surface area contributed by atoms with E-state index >= 15 is 0 Å². The van der Waals surface area contributed by atoms with E-state index in [4.69, 9.17) is 9.47 Å². The van der Waals surface area contributed by atoms with Crippen molar-refractivity contribution >= 4 is 17.6 Å². The van der Waals surface area contributed by atoms with Gasteiger partial charge in [-0.2, -0.15) is 5.10 Å². The largest absolute Gasteiger partial charge is 0.497 e. The number of hydrogen-bond donors (Lipinski definition) is 0. The third-order valence-corrected chi connectivity index (χ3v) is 5.81. The Morgan fingerprint density at radius 1 is 0.971 bits per heavy atom. The van der Waals surface area contributed by atoms with Crippen LogP contribution in [-0.4, -0.2) is 41.9 Å². The summed E-state index contributed by atoms with van der Waals surface area (Å²) in [5, 5.41) is 4.65. The van der Waals surface area contributed by atoms with E-state index in [1.807, 2.05) is 72.8 Å². The summed E-state index contributed by atoms with van der Waals surface area (Å²) < 4.78 is 12.4. The van der Waals surface area contributed by atoms with Gasteiger partial charge in [0, 0.05) is 24.0 Å². The van der Waals surface area contributed by atoms with Crippen molar-refractivity contribution in [3.05, 3.63) is 96.2 Å². The number of benzene rings is 3. The molecule has 0 radical (unpaired) electrons. The van der Waals surface area contributed by atoms with Gasteiger partial charge in [-0.3, -0.25) is 4.79 Å². The van der Waals surface area contributed by atoms with Gasteiger partial charge in [-0.1, -0.05) is 48.5 Å². The third-order valence-electron chi connectivity index (χ3n) is 5.81. The average Bonchev–Trinajstić information content (AvgIpc) is 3.53. The number of amides is 1. The average molecular weight is 453 g/mol. The summed E-state index contributed by atoms with van der Waals surface area (Å²) in [6.45, 7) is 0.234. The van der Waals surface area contributed by atoms with Crippen molar-refractivity contribution in [1.29, 1.82) is 0 Å². The van der Waals surface area contributed by atoms with Crippen LogP contribution in [0.15, 0.2) is 85.1 Å². The minimum Gasteiger partial charge on any atom is -0.497 e. The molecule has 0 aliphatic carbocycles. The summed E-state index contributed by atoms with van der Waals surface area (Å²) in [5.74, 6) is -0.216. The molecule has 34 heavy (non-hydrogen) atoms. The van der Waals surface area contributed by atoms with Gasteiger partial charge in [0.15, 0.2) is 6.61 Å². The Morgan fingerprint density at radius 2 is 1.76 bits per heavy atom. The number of carbonyl (C=O) groups is 2. The molecule has 170 valence electrons. The van der Waals surface area contributed by atoms with E-state index in [0.29, 0.717) is 23.6 Å². The predicted octanol–water partition coefficient (Wildman–Crippen LogP) is 4.29. The van der Waals surface area contributed by atoms with E-state index in [9.17, 15) is 9.59 Å². The lowest BCUT2D eigenvalue weighted by Gasteiger charge is -2.17. The summed E-state index contributed by atoms with van der Waals surface area (Å²) in [5.41, 5.74) is 4.22. The highest BCUT2D eigenvalue weighted by Crippen LogP contribution is 2.29. The molecule has 1 aromatic heterocycles. The van der Waals surface area contributed by atoms with Crippen molar-refractivity contribution in [3.63, 3.8) is 0 Å². The monoisotopic (exact) mass is 453 g/mol. The van der Waals surface area contributed by atoms with E-state index in [-0.39, 0.29) is 18.1 Å². The highest BCUT2D eigenvalue weighted by molar-refractivity contribution is 6.00. The molecule has 0 fully saturated rings. The molecule has 0 bridgehead atoms. The Labute approximate surface area is 197 Å². The number of rotatable bonds is 6. The minimum absolute atomic E-state index is 0.253. The second-order valence-corrected chi connectivity index (χ2v) is 7.90. The van der Waals surface area contributed by atoms with Crippen molar-refractivity contribution in [2.75, 3.05) is 25.2 Å². The standard InChI is InChI=1S/C27H23N3O4/c1-33-22-12-7-9-20(16-22)26-23(17-30(28-26)21-10-3-2-4-11-21)27(32)34-18-25(31)29-15-14-19-8-5-6-13-24(19)29/h2-13,16-17H,14-15,18H2,1H3. The van der Waals surface area contributed by atoms with Crippen LogP contribution < -0.4 is 9.64 Å². The van der Waals surface area contributed by atoms with Crippen LogP contribution in [0.1, 0.15) is 15.9 Å². The summed E-state index contributed by atoms with van der Waals surface area (Å²) in [6, 6.07) is 24.6. The number of esters is 1. The number of nitrogens with zero attached hydrogens (tertiary/aromatic N) is 3. The van der Waals surface area contributed by atoms with E-state index in [0.717, 1.165) is 23.4 Å². The lowest BCUT2D eigenvalue weighted by molar-refractivity contribution is -0.121. The number of hydrogen-bond acceptors (Lipinski definition) is 5. The maximum atomic E-state index is 13.1. The zero-order valence-electron chi connectivity index (χ0n) is 18.7. The molecule has 7 heteroatoms. The van der Waals surface area contributed by atoms with Gasteiger partial charge in [0.05, 0.1) is 12.8 Å². The fourth-order valence-electron chi connectivity index (χ4n) is 4.10. The molecule has 1 aliphatic heterocycles. The Balaban J connectivity index is 1.41. The van der Waals surface area contributed by atoms with Crippen molar-refractivity contribution in [3.8, 4) is 22.7 Å². The van der Waals surface area contributed by atoms with Gasteiger partial charge in [0.1, 0.15) is 17.0 Å². The first-order valence-electron chi connectivity index (χ1n) is 11.0. The molecule has 2 heterocycles. The molecular weight excluding hydrogens is 430 g/mol. The summed E-state index contributed by atoms with van der Waals surface area (Å²) >= 11 is 0. The van der Waals surface area contributed by atoms with Gasteiger partial charge >= 0.3 is 5.97 Å². The quantitative estimate of drug-likeness (QED) is 0.407. The second-order valence-electron chi connectivity index (χ2n) is 7.90. The highest BCUT2D eigenvalue weighted by Gasteiger charge is 2.26. The number of para-hydroxylation sites is 2. The van der Waals surface area contributed by atoms with E-state index < -0.39 is 5.97 Å². The first-order valence-corrected chi connectivity index (χ1v) is 11.0. The summed E-state index contributed by atoms with van der Waals surface area (Å²) in [6.07, 6.45) is 2.42. The third kappa shape index (κ3) is 4.15. The Bertz CT molecular complexity index is 1350. The SMILES string of the molecule is COc1cccc(-c2nn(-c3ccccc3)cc2C(=O)OCC(=O)N2CCc3ccccc32)c1. The number of methoxy groups -OCH3 is 1. The summed E-state index contributed by atoms with van der Waals surface area (Å²) in [4.78, 5) is 27.6. The van der Waals surface area contributed by atoms with Crippen molar-refractivity contribution in [2.45, 2.75) is 6.42 Å². The smallest absolute Gasteiger partial charge is 0.342 e. The topological polar surface area (TPSA) is 73.7 Å². The van der Waals surface area contributed by atoms with E-state index in [2.05, 4.69) is 5.10 Å². The van der Waals surface area contributed by atoms with Crippen molar-refractivity contribution in [2.24, 2.45) is 0 Å². The number of aromatic nitrogens is 2. The highest BCUT2D eigenvalue weighted by atomic mass is 16.5. The zero-order valence-corrected chi connectivity index (χ0v) is 18.7. The molecule has 0 spiro atoms. The molecular formula is C27H23N3O4. The maximum absolute atomic E-state index is 13.1. The number of ether oxygens (including phenoxy) is 2. The molecule has 1 amide bonds. The molecule has 0 saturated carbocycles. The fraction of sp³-hybridized carbons (Fsp3) is 0.148. The first-order chi connectivity index (χ1) is 16.6. The zero-order chi connectivity index (χ0) is 23.5. The fourth-order valence-corrected chi connectivity index (χ4v) is 4.10. The van der Waals surface area contributed by atoms with Crippen LogP contribution in [0.5, 0.6) is 5.75 Å². The van der Waals surface area contributed by atoms with Gasteiger partial charge < -0.3 is 14.4 Å². The molecule has 1 aliphatic rings. The van der Waals surface area contributed by atoms with E-state index in [1.54, 1.807) is 29.0 Å². The second kappa shape index (κ2) is 9.23. The Morgan fingerprint density at radius 3 is 2.59 bits per heavy atom. The molecule has 7 nitrogen and oxygen atoms in total. The molecule has 0 atom stereocenters. The van der Waals surface area contributed by atoms with Gasteiger partial charge in [0.2, 0.25) is 0 Å². The van der Waals surface area contributed by atoms with Crippen LogP contribution in [-0.2, 0) is 16.0 Å². The lowest BCUT2D eigenvalue weighted by Crippen LogP contribution is -2.33. The van der Waals surface area contributed by atoms with Gasteiger partial charge in [-0.25, -0.2) is 9.48 Å². The molecule has 5 rings (SSSR count). The van der Waals surface area contributed by atoms with Gasteiger partial charge in [-0.15, -0.1) is 0 Å². The Kier molecular flexibility index (Phi) is 5.82. The van der Waals surface area contributed by atoms with Crippen molar-refractivity contribution < 1.29 is 19.1 Å². The van der Waals surface area contributed by atoms with Gasteiger partial charge in [0.25, 0.3) is 5.91 Å². The predicted molar refractivity (Wildman–Crippen MR) is 128 cm³/mol. The van der Waals surface area contributed by atoms with Crippen LogP contribution in [0.2, 0.25) is 0 Å². The maximum Gasteiger partial charge on any atom is 0.342 e. The number of carbonyl (C=O) groups excluding carboxylic acids is 2.